The number of rotatable bonds is 4. The first-order valence-electron chi connectivity index (χ1n) is 6.04. The number of carbonyl (C=O) groups excluding carboxylic acids is 1. The molecule has 1 fully saturated rings. The highest BCUT2D eigenvalue weighted by molar-refractivity contribution is 5.78. The number of nitrogens with one attached hydrogen (secondary N) is 1. The van der Waals surface area contributed by atoms with E-state index in [0.717, 1.165) is 31.8 Å². The van der Waals surface area contributed by atoms with Crippen molar-refractivity contribution in [1.82, 2.24) is 10.2 Å². The summed E-state index contributed by atoms with van der Waals surface area (Å²) < 4.78 is 0. The predicted molar refractivity (Wildman–Crippen MR) is 62.7 cm³/mol. The van der Waals surface area contributed by atoms with Gasteiger partial charge in [0, 0.05) is 26.1 Å². The van der Waals surface area contributed by atoms with E-state index in [2.05, 4.69) is 12.2 Å². The van der Waals surface area contributed by atoms with E-state index >= 15 is 0 Å². The Bertz CT molecular complexity index is 198. The zero-order valence-corrected chi connectivity index (χ0v) is 10.3. The molecule has 88 valence electrons. The first-order valence-corrected chi connectivity index (χ1v) is 6.04. The SMILES string of the molecule is CNCCN(C)C(=O)[C@H]1CC[C@H](C)CC1. The van der Waals surface area contributed by atoms with Crippen LogP contribution in [0, 0.1) is 11.8 Å². The molecule has 0 heterocycles. The molecule has 0 aromatic heterocycles. The highest BCUT2D eigenvalue weighted by atomic mass is 16.2. The van der Waals surface area contributed by atoms with Crippen molar-refractivity contribution in [3.05, 3.63) is 0 Å². The highest BCUT2D eigenvalue weighted by Crippen LogP contribution is 2.29. The van der Waals surface area contributed by atoms with Gasteiger partial charge in [0.1, 0.15) is 0 Å². The van der Waals surface area contributed by atoms with Crippen LogP contribution in [0.15, 0.2) is 0 Å². The Hall–Kier alpha value is -0.570. The summed E-state index contributed by atoms with van der Waals surface area (Å²) in [6, 6.07) is 0. The topological polar surface area (TPSA) is 32.3 Å². The number of hydrogen-bond donors (Lipinski definition) is 1. The zero-order valence-electron chi connectivity index (χ0n) is 10.3. The molecule has 3 nitrogen and oxygen atoms in total. The van der Waals surface area contributed by atoms with E-state index in [1.807, 2.05) is 19.0 Å². The van der Waals surface area contributed by atoms with Crippen LogP contribution in [0.4, 0.5) is 0 Å². The number of likely N-dealkylation sites (N-methyl/N-ethyl adjacent to an activating group) is 2. The van der Waals surface area contributed by atoms with Gasteiger partial charge in [-0.25, -0.2) is 0 Å². The van der Waals surface area contributed by atoms with E-state index in [-0.39, 0.29) is 0 Å². The van der Waals surface area contributed by atoms with E-state index in [1.165, 1.54) is 12.8 Å². The summed E-state index contributed by atoms with van der Waals surface area (Å²) in [4.78, 5) is 13.9. The predicted octanol–water partition coefficient (Wildman–Crippen LogP) is 1.49. The van der Waals surface area contributed by atoms with Crippen molar-refractivity contribution in [3.8, 4) is 0 Å². The van der Waals surface area contributed by atoms with Crippen molar-refractivity contribution in [2.75, 3.05) is 27.2 Å². The Labute approximate surface area is 93.2 Å². The van der Waals surface area contributed by atoms with Gasteiger partial charge in [-0.15, -0.1) is 0 Å². The van der Waals surface area contributed by atoms with Crippen LogP contribution in [0.25, 0.3) is 0 Å². The lowest BCUT2D eigenvalue weighted by Crippen LogP contribution is -2.38. The molecule has 1 amide bonds. The molecule has 0 radical (unpaired) electrons. The molecule has 1 rings (SSSR count). The molecular formula is C12H24N2O. The van der Waals surface area contributed by atoms with E-state index in [9.17, 15) is 4.79 Å². The zero-order chi connectivity index (χ0) is 11.3. The minimum atomic E-state index is 0.294. The van der Waals surface area contributed by atoms with Gasteiger partial charge in [-0.2, -0.15) is 0 Å². The lowest BCUT2D eigenvalue weighted by molar-refractivity contribution is -0.135. The Morgan fingerprint density at radius 3 is 2.47 bits per heavy atom. The Morgan fingerprint density at radius 2 is 1.93 bits per heavy atom. The summed E-state index contributed by atoms with van der Waals surface area (Å²) in [7, 11) is 3.83. The summed E-state index contributed by atoms with van der Waals surface area (Å²) in [5, 5.41) is 3.07. The van der Waals surface area contributed by atoms with Gasteiger partial charge in [-0.3, -0.25) is 4.79 Å². The van der Waals surface area contributed by atoms with Crippen LogP contribution in [-0.2, 0) is 4.79 Å². The van der Waals surface area contributed by atoms with Crippen LogP contribution < -0.4 is 5.32 Å². The van der Waals surface area contributed by atoms with E-state index < -0.39 is 0 Å². The van der Waals surface area contributed by atoms with Crippen LogP contribution in [0.2, 0.25) is 0 Å². The van der Waals surface area contributed by atoms with Crippen molar-refractivity contribution < 1.29 is 4.79 Å². The molecule has 3 heteroatoms. The molecule has 1 aliphatic rings. The van der Waals surface area contributed by atoms with Crippen molar-refractivity contribution >= 4 is 5.91 Å². The van der Waals surface area contributed by atoms with Crippen molar-refractivity contribution in [1.29, 1.82) is 0 Å². The van der Waals surface area contributed by atoms with Gasteiger partial charge in [0.2, 0.25) is 5.91 Å². The molecule has 0 spiro atoms. The molecule has 0 saturated heterocycles. The quantitative estimate of drug-likeness (QED) is 0.766. The van der Waals surface area contributed by atoms with Crippen molar-refractivity contribution in [3.63, 3.8) is 0 Å². The van der Waals surface area contributed by atoms with E-state index in [0.29, 0.717) is 11.8 Å². The van der Waals surface area contributed by atoms with Crippen LogP contribution in [0.1, 0.15) is 32.6 Å². The van der Waals surface area contributed by atoms with Gasteiger partial charge in [0.05, 0.1) is 0 Å². The molecule has 0 bridgehead atoms. The molecule has 1 aliphatic carbocycles. The van der Waals surface area contributed by atoms with E-state index in [4.69, 9.17) is 0 Å². The molecular weight excluding hydrogens is 188 g/mol. The summed E-state index contributed by atoms with van der Waals surface area (Å²) in [5.74, 6) is 1.46. The molecule has 0 aromatic rings. The number of nitrogens with zero attached hydrogens (tertiary/aromatic N) is 1. The molecule has 1 saturated carbocycles. The maximum absolute atomic E-state index is 12.0. The molecule has 0 aromatic carbocycles. The normalized spacial score (nSPS) is 26.3. The first kappa shape index (κ1) is 12.5. The van der Waals surface area contributed by atoms with Gasteiger partial charge >= 0.3 is 0 Å². The fourth-order valence-electron chi connectivity index (χ4n) is 2.21. The fraction of sp³-hybridized carbons (Fsp3) is 0.917. The summed E-state index contributed by atoms with van der Waals surface area (Å²) in [5.41, 5.74) is 0. The van der Waals surface area contributed by atoms with Gasteiger partial charge in [0.15, 0.2) is 0 Å². The Kier molecular flexibility index (Phi) is 5.09. The lowest BCUT2D eigenvalue weighted by atomic mass is 9.82. The third-order valence-corrected chi connectivity index (χ3v) is 3.44. The average Bonchev–Trinajstić information content (AvgIpc) is 2.26. The van der Waals surface area contributed by atoms with Crippen LogP contribution in [-0.4, -0.2) is 38.0 Å². The molecule has 0 aliphatic heterocycles. The third kappa shape index (κ3) is 3.82. The maximum Gasteiger partial charge on any atom is 0.225 e. The second kappa shape index (κ2) is 6.11. The highest BCUT2D eigenvalue weighted by Gasteiger charge is 2.26. The largest absolute Gasteiger partial charge is 0.344 e. The van der Waals surface area contributed by atoms with E-state index in [1.54, 1.807) is 0 Å². The minimum absolute atomic E-state index is 0.294. The second-order valence-corrected chi connectivity index (χ2v) is 4.82. The molecule has 0 unspecified atom stereocenters. The van der Waals surface area contributed by atoms with Gasteiger partial charge in [-0.1, -0.05) is 6.92 Å². The van der Waals surface area contributed by atoms with Crippen LogP contribution >= 0.6 is 0 Å². The summed E-state index contributed by atoms with van der Waals surface area (Å²) in [6.07, 6.45) is 4.61. The van der Waals surface area contributed by atoms with Crippen LogP contribution in [0.3, 0.4) is 0 Å². The monoisotopic (exact) mass is 212 g/mol. The first-order chi connectivity index (χ1) is 7.15. The third-order valence-electron chi connectivity index (χ3n) is 3.44. The van der Waals surface area contributed by atoms with Gasteiger partial charge in [0.25, 0.3) is 0 Å². The average molecular weight is 212 g/mol. The Balaban J connectivity index is 2.32. The molecule has 1 N–H and O–H groups in total. The van der Waals surface area contributed by atoms with Gasteiger partial charge in [-0.05, 0) is 38.6 Å². The Morgan fingerprint density at radius 1 is 1.33 bits per heavy atom. The molecule has 0 atom stereocenters. The number of carbonyl (C=O) groups is 1. The summed E-state index contributed by atoms with van der Waals surface area (Å²) >= 11 is 0. The molecule has 15 heavy (non-hydrogen) atoms. The number of hydrogen-bond acceptors (Lipinski definition) is 2. The van der Waals surface area contributed by atoms with Gasteiger partial charge < -0.3 is 10.2 Å². The van der Waals surface area contributed by atoms with Crippen molar-refractivity contribution in [2.45, 2.75) is 32.6 Å². The lowest BCUT2D eigenvalue weighted by Gasteiger charge is -2.29. The standard InChI is InChI=1S/C12H24N2O/c1-10-4-6-11(7-5-10)12(15)14(3)9-8-13-2/h10-11,13H,4-9H2,1-3H3/t10-,11-. The second-order valence-electron chi connectivity index (χ2n) is 4.82. The van der Waals surface area contributed by atoms with Crippen molar-refractivity contribution in [2.24, 2.45) is 11.8 Å². The number of amides is 1. The fourth-order valence-corrected chi connectivity index (χ4v) is 2.21. The minimum Gasteiger partial charge on any atom is -0.344 e. The maximum atomic E-state index is 12.0. The summed E-state index contributed by atoms with van der Waals surface area (Å²) in [6.45, 7) is 3.98. The van der Waals surface area contributed by atoms with Crippen LogP contribution in [0.5, 0.6) is 0 Å². The smallest absolute Gasteiger partial charge is 0.225 e.